The summed E-state index contributed by atoms with van der Waals surface area (Å²) in [6.07, 6.45) is 1.49. The molecule has 0 N–H and O–H groups in total. The Morgan fingerprint density at radius 3 is 2.72 bits per heavy atom. The molecule has 1 aromatic carbocycles. The Morgan fingerprint density at radius 2 is 1.94 bits per heavy atom. The molecule has 0 spiro atoms. The molecule has 90 valence electrons. The highest BCUT2D eigenvalue weighted by atomic mass is 35.5. The maximum Gasteiger partial charge on any atom is 0.169 e. The van der Waals surface area contributed by atoms with E-state index in [1.807, 2.05) is 0 Å². The standard InChI is InChI=1S/C11H5Cl2FN4/c12-7-2-1-6(3-8(7)14)11-17-16-10-4-9(13)15-5-18(10)11/h1-5H. The molecule has 2 heterocycles. The lowest BCUT2D eigenvalue weighted by molar-refractivity contribution is 0.628. The van der Waals surface area contributed by atoms with Crippen LogP contribution in [-0.4, -0.2) is 19.6 Å². The molecule has 0 radical (unpaired) electrons. The summed E-state index contributed by atoms with van der Waals surface area (Å²) in [6.45, 7) is 0. The zero-order valence-corrected chi connectivity index (χ0v) is 10.3. The Morgan fingerprint density at radius 1 is 1.11 bits per heavy atom. The molecule has 0 atom stereocenters. The van der Waals surface area contributed by atoms with Crippen molar-refractivity contribution in [1.82, 2.24) is 19.6 Å². The van der Waals surface area contributed by atoms with Crippen molar-refractivity contribution in [3.05, 3.63) is 46.6 Å². The first-order valence-electron chi connectivity index (χ1n) is 4.97. The van der Waals surface area contributed by atoms with Crippen LogP contribution in [0.3, 0.4) is 0 Å². The van der Waals surface area contributed by atoms with Gasteiger partial charge in [0.25, 0.3) is 0 Å². The van der Waals surface area contributed by atoms with Crippen LogP contribution in [0.5, 0.6) is 0 Å². The van der Waals surface area contributed by atoms with E-state index in [2.05, 4.69) is 15.2 Å². The molecular weight excluding hydrogens is 278 g/mol. The van der Waals surface area contributed by atoms with Crippen LogP contribution in [0, 0.1) is 5.82 Å². The van der Waals surface area contributed by atoms with E-state index in [0.717, 1.165) is 0 Å². The molecule has 4 nitrogen and oxygen atoms in total. The van der Waals surface area contributed by atoms with Gasteiger partial charge in [0, 0.05) is 11.6 Å². The summed E-state index contributed by atoms with van der Waals surface area (Å²) in [7, 11) is 0. The monoisotopic (exact) mass is 282 g/mol. The summed E-state index contributed by atoms with van der Waals surface area (Å²) in [5, 5.41) is 8.31. The number of aromatic nitrogens is 4. The predicted octanol–water partition coefficient (Wildman–Crippen LogP) is 3.24. The second-order valence-corrected chi connectivity index (χ2v) is 4.39. The fraction of sp³-hybridized carbons (Fsp3) is 0. The Hall–Kier alpha value is -1.72. The Bertz CT molecular complexity index is 741. The van der Waals surface area contributed by atoms with Crippen LogP contribution in [-0.2, 0) is 0 Å². The molecule has 0 fully saturated rings. The number of benzene rings is 1. The van der Waals surface area contributed by atoms with Crippen molar-refractivity contribution in [2.24, 2.45) is 0 Å². The summed E-state index contributed by atoms with van der Waals surface area (Å²) in [6, 6.07) is 6.00. The number of rotatable bonds is 1. The molecule has 0 aliphatic rings. The lowest BCUT2D eigenvalue weighted by atomic mass is 10.2. The maximum atomic E-state index is 13.4. The van der Waals surface area contributed by atoms with Crippen LogP contribution in [0.25, 0.3) is 17.0 Å². The largest absolute Gasteiger partial charge is 0.265 e. The molecular formula is C11H5Cl2FN4. The molecule has 0 bridgehead atoms. The molecule has 0 saturated carbocycles. The van der Waals surface area contributed by atoms with Crippen LogP contribution in [0.15, 0.2) is 30.6 Å². The number of nitrogens with zero attached hydrogens (tertiary/aromatic N) is 4. The Labute approximate surface area is 111 Å². The second-order valence-electron chi connectivity index (χ2n) is 3.59. The van der Waals surface area contributed by atoms with E-state index < -0.39 is 5.82 Å². The van der Waals surface area contributed by atoms with Gasteiger partial charge in [-0.1, -0.05) is 23.2 Å². The number of fused-ring (bicyclic) bond motifs is 1. The van der Waals surface area contributed by atoms with E-state index in [4.69, 9.17) is 23.2 Å². The third-order valence-corrected chi connectivity index (χ3v) is 2.96. The van der Waals surface area contributed by atoms with Gasteiger partial charge in [0.2, 0.25) is 0 Å². The zero-order chi connectivity index (χ0) is 12.7. The lowest BCUT2D eigenvalue weighted by Gasteiger charge is -2.01. The van der Waals surface area contributed by atoms with Crippen LogP contribution >= 0.6 is 23.2 Å². The summed E-state index contributed by atoms with van der Waals surface area (Å²) >= 11 is 11.4. The molecule has 3 rings (SSSR count). The Kier molecular flexibility index (Phi) is 2.65. The normalized spacial score (nSPS) is 11.1. The highest BCUT2D eigenvalue weighted by Gasteiger charge is 2.10. The van der Waals surface area contributed by atoms with Gasteiger partial charge < -0.3 is 0 Å². The van der Waals surface area contributed by atoms with Crippen LogP contribution < -0.4 is 0 Å². The SMILES string of the molecule is Fc1cc(-c2nnc3cc(Cl)ncn23)ccc1Cl. The van der Waals surface area contributed by atoms with Gasteiger partial charge in [-0.25, -0.2) is 9.37 Å². The molecule has 0 unspecified atom stereocenters. The van der Waals surface area contributed by atoms with Crippen molar-refractivity contribution in [2.75, 3.05) is 0 Å². The molecule has 0 aliphatic carbocycles. The minimum absolute atomic E-state index is 0.0636. The molecule has 2 aromatic heterocycles. The van der Waals surface area contributed by atoms with E-state index in [9.17, 15) is 4.39 Å². The lowest BCUT2D eigenvalue weighted by Crippen LogP contribution is -1.92. The van der Waals surface area contributed by atoms with Crippen molar-refractivity contribution >= 4 is 28.8 Å². The smallest absolute Gasteiger partial charge is 0.169 e. The van der Waals surface area contributed by atoms with Crippen molar-refractivity contribution in [1.29, 1.82) is 0 Å². The highest BCUT2D eigenvalue weighted by molar-refractivity contribution is 6.30. The van der Waals surface area contributed by atoms with Crippen molar-refractivity contribution < 1.29 is 4.39 Å². The first-order valence-corrected chi connectivity index (χ1v) is 5.72. The van der Waals surface area contributed by atoms with Gasteiger partial charge >= 0.3 is 0 Å². The van der Waals surface area contributed by atoms with E-state index in [-0.39, 0.29) is 5.02 Å². The van der Waals surface area contributed by atoms with E-state index in [0.29, 0.717) is 22.2 Å². The van der Waals surface area contributed by atoms with Gasteiger partial charge in [0.1, 0.15) is 17.3 Å². The molecule has 0 aliphatic heterocycles. The van der Waals surface area contributed by atoms with Crippen molar-refractivity contribution in [3.8, 4) is 11.4 Å². The minimum Gasteiger partial charge on any atom is -0.265 e. The van der Waals surface area contributed by atoms with Crippen molar-refractivity contribution in [2.45, 2.75) is 0 Å². The van der Waals surface area contributed by atoms with E-state index in [1.165, 1.54) is 18.5 Å². The first kappa shape index (κ1) is 11.4. The van der Waals surface area contributed by atoms with Crippen LogP contribution in [0.2, 0.25) is 10.2 Å². The predicted molar refractivity (Wildman–Crippen MR) is 66.2 cm³/mol. The quantitative estimate of drug-likeness (QED) is 0.644. The van der Waals surface area contributed by atoms with Gasteiger partial charge in [-0.3, -0.25) is 4.40 Å². The second kappa shape index (κ2) is 4.19. The third kappa shape index (κ3) is 1.81. The van der Waals surface area contributed by atoms with Gasteiger partial charge in [0.05, 0.1) is 5.02 Å². The van der Waals surface area contributed by atoms with Crippen LogP contribution in [0.4, 0.5) is 4.39 Å². The number of hydrogen-bond donors (Lipinski definition) is 0. The number of hydrogen-bond acceptors (Lipinski definition) is 3. The fourth-order valence-corrected chi connectivity index (χ4v) is 1.86. The number of halogens is 3. The molecule has 0 amide bonds. The average Bonchev–Trinajstić information content (AvgIpc) is 2.75. The molecule has 3 aromatic rings. The van der Waals surface area contributed by atoms with Gasteiger partial charge in [-0.2, -0.15) is 0 Å². The maximum absolute atomic E-state index is 13.4. The third-order valence-electron chi connectivity index (χ3n) is 2.44. The topological polar surface area (TPSA) is 43.1 Å². The summed E-state index contributed by atoms with van der Waals surface area (Å²) in [5.41, 5.74) is 1.11. The Balaban J connectivity index is 2.22. The summed E-state index contributed by atoms with van der Waals surface area (Å²) in [4.78, 5) is 3.93. The first-order chi connectivity index (χ1) is 8.65. The van der Waals surface area contributed by atoms with Gasteiger partial charge in [0.15, 0.2) is 11.5 Å². The molecule has 18 heavy (non-hydrogen) atoms. The summed E-state index contributed by atoms with van der Waals surface area (Å²) < 4.78 is 15.0. The van der Waals surface area contributed by atoms with Gasteiger partial charge in [-0.05, 0) is 18.2 Å². The van der Waals surface area contributed by atoms with E-state index >= 15 is 0 Å². The fourth-order valence-electron chi connectivity index (χ4n) is 1.60. The van der Waals surface area contributed by atoms with Crippen molar-refractivity contribution in [3.63, 3.8) is 0 Å². The summed E-state index contributed by atoms with van der Waals surface area (Å²) in [5.74, 6) is -0.0300. The van der Waals surface area contributed by atoms with Gasteiger partial charge in [-0.15, -0.1) is 10.2 Å². The van der Waals surface area contributed by atoms with E-state index in [1.54, 1.807) is 16.5 Å². The zero-order valence-electron chi connectivity index (χ0n) is 8.81. The van der Waals surface area contributed by atoms with Crippen LogP contribution in [0.1, 0.15) is 0 Å². The average molecular weight is 283 g/mol. The highest BCUT2D eigenvalue weighted by Crippen LogP contribution is 2.23. The molecule has 0 saturated heterocycles. The molecule has 7 heteroatoms. The minimum atomic E-state index is -0.507.